The lowest BCUT2D eigenvalue weighted by Gasteiger charge is -2.30. The van der Waals surface area contributed by atoms with Crippen molar-refractivity contribution in [1.29, 1.82) is 0 Å². The molecule has 4 atom stereocenters. The second-order valence-corrected chi connectivity index (χ2v) is 6.54. The average Bonchev–Trinajstić information content (AvgIpc) is 3.14. The maximum Gasteiger partial charge on any atom is 0.242 e. The van der Waals surface area contributed by atoms with Crippen molar-refractivity contribution in [2.24, 2.45) is 5.92 Å². The first-order valence-corrected chi connectivity index (χ1v) is 8.50. The molecule has 2 aliphatic rings. The summed E-state index contributed by atoms with van der Waals surface area (Å²) < 4.78 is 0. The summed E-state index contributed by atoms with van der Waals surface area (Å²) in [5.74, 6) is 0.329. The fraction of sp³-hybridized carbons (Fsp3) is 0.316. The number of fused-ring (bicyclic) bond motifs is 1. The van der Waals surface area contributed by atoms with E-state index in [1.807, 2.05) is 30.0 Å². The fourth-order valence-electron chi connectivity index (χ4n) is 4.18. The Labute approximate surface area is 146 Å². The van der Waals surface area contributed by atoms with Gasteiger partial charge in [-0.05, 0) is 30.7 Å². The van der Waals surface area contributed by atoms with E-state index >= 15 is 0 Å². The molecule has 6 nitrogen and oxygen atoms in total. The van der Waals surface area contributed by atoms with E-state index in [0.29, 0.717) is 6.54 Å². The molecule has 0 spiro atoms. The van der Waals surface area contributed by atoms with Crippen LogP contribution in [-0.4, -0.2) is 33.6 Å². The van der Waals surface area contributed by atoms with Gasteiger partial charge in [0, 0.05) is 18.0 Å². The summed E-state index contributed by atoms with van der Waals surface area (Å²) in [5, 5.41) is 20.2. The van der Waals surface area contributed by atoms with Crippen LogP contribution >= 0.6 is 0 Å². The van der Waals surface area contributed by atoms with Gasteiger partial charge in [0.15, 0.2) is 0 Å². The zero-order chi connectivity index (χ0) is 17.6. The third kappa shape index (κ3) is 2.45. The monoisotopic (exact) mass is 339 g/mol. The number of phenolic OH excluding ortho intramolecular Hbond substituents is 2. The molecule has 0 aromatic heterocycles. The van der Waals surface area contributed by atoms with Crippen molar-refractivity contribution in [3.8, 4) is 11.5 Å². The number of para-hydroxylation sites is 1. The Kier molecular flexibility index (Phi) is 3.86. The van der Waals surface area contributed by atoms with Crippen molar-refractivity contribution < 1.29 is 15.0 Å². The summed E-state index contributed by atoms with van der Waals surface area (Å²) in [6, 6.07) is 13.5. The zero-order valence-electron chi connectivity index (χ0n) is 13.9. The van der Waals surface area contributed by atoms with Crippen LogP contribution in [0, 0.1) is 5.92 Å². The summed E-state index contributed by atoms with van der Waals surface area (Å²) in [5.41, 5.74) is 7.95. The Morgan fingerprint density at radius 3 is 2.52 bits per heavy atom. The number of nitrogens with one attached hydrogen (secondary N) is 2. The number of hydrazine groups is 1. The van der Waals surface area contributed by atoms with Crippen LogP contribution in [0.5, 0.6) is 11.5 Å². The second-order valence-electron chi connectivity index (χ2n) is 6.54. The summed E-state index contributed by atoms with van der Waals surface area (Å²) >= 11 is 0. The highest BCUT2D eigenvalue weighted by atomic mass is 16.3. The molecule has 2 aromatic rings. The smallest absolute Gasteiger partial charge is 0.242 e. The normalized spacial score (nSPS) is 28.4. The lowest BCUT2D eigenvalue weighted by molar-refractivity contribution is -0.130. The number of likely N-dealkylation sites (N-methyl/N-ethyl adjacent to an activating group) is 1. The van der Waals surface area contributed by atoms with Crippen molar-refractivity contribution in [1.82, 2.24) is 15.8 Å². The highest BCUT2D eigenvalue weighted by Gasteiger charge is 2.55. The summed E-state index contributed by atoms with van der Waals surface area (Å²) in [4.78, 5) is 14.7. The van der Waals surface area contributed by atoms with E-state index in [1.54, 1.807) is 30.3 Å². The number of benzene rings is 2. The van der Waals surface area contributed by atoms with Crippen molar-refractivity contribution in [2.75, 3.05) is 6.54 Å². The molecule has 0 aliphatic carbocycles. The number of aromatic hydroxyl groups is 2. The Balaban J connectivity index is 1.80. The van der Waals surface area contributed by atoms with E-state index < -0.39 is 0 Å². The van der Waals surface area contributed by atoms with Gasteiger partial charge in [-0.25, -0.2) is 10.9 Å². The number of nitrogens with zero attached hydrogens (tertiary/aromatic N) is 1. The van der Waals surface area contributed by atoms with Crippen LogP contribution in [0.4, 0.5) is 0 Å². The maximum absolute atomic E-state index is 12.8. The van der Waals surface area contributed by atoms with E-state index in [9.17, 15) is 15.0 Å². The van der Waals surface area contributed by atoms with Crippen LogP contribution in [0.25, 0.3) is 0 Å². The van der Waals surface area contributed by atoms with Crippen molar-refractivity contribution in [3.05, 3.63) is 59.7 Å². The molecule has 4 unspecified atom stereocenters. The Morgan fingerprint density at radius 1 is 1.04 bits per heavy atom. The minimum absolute atomic E-state index is 0.0336. The first-order valence-electron chi connectivity index (χ1n) is 8.50. The number of carbonyl (C=O) groups is 1. The average molecular weight is 339 g/mol. The van der Waals surface area contributed by atoms with Crippen molar-refractivity contribution in [3.63, 3.8) is 0 Å². The maximum atomic E-state index is 12.8. The number of hydrogen-bond acceptors (Lipinski definition) is 5. The predicted octanol–water partition coefficient (Wildman–Crippen LogP) is 1.83. The number of likely N-dealkylation sites (tertiary alicyclic amines) is 1. The van der Waals surface area contributed by atoms with Gasteiger partial charge in [0.05, 0.1) is 12.1 Å². The van der Waals surface area contributed by atoms with Gasteiger partial charge in [-0.1, -0.05) is 30.3 Å². The van der Waals surface area contributed by atoms with Crippen LogP contribution in [-0.2, 0) is 4.79 Å². The molecule has 4 rings (SSSR count). The minimum atomic E-state index is -0.364. The summed E-state index contributed by atoms with van der Waals surface area (Å²) in [6.45, 7) is 2.54. The molecule has 2 aliphatic heterocycles. The first kappa shape index (κ1) is 15.9. The van der Waals surface area contributed by atoms with Crippen molar-refractivity contribution in [2.45, 2.75) is 25.0 Å². The topological polar surface area (TPSA) is 84.8 Å². The van der Waals surface area contributed by atoms with Crippen LogP contribution in [0.15, 0.2) is 48.5 Å². The Bertz CT molecular complexity index is 810. The highest BCUT2D eigenvalue weighted by molar-refractivity contribution is 5.86. The fourth-order valence-corrected chi connectivity index (χ4v) is 4.18. The van der Waals surface area contributed by atoms with Crippen LogP contribution in [0.1, 0.15) is 30.1 Å². The molecule has 25 heavy (non-hydrogen) atoms. The number of phenols is 2. The molecule has 2 aromatic carbocycles. The van der Waals surface area contributed by atoms with E-state index in [0.717, 1.165) is 11.1 Å². The largest absolute Gasteiger partial charge is 0.508 e. The quantitative estimate of drug-likeness (QED) is 0.686. The SMILES string of the molecule is CCN1C(=O)C2NNC(c3ccccc3O)C2C1c1cccc(O)c1. The lowest BCUT2D eigenvalue weighted by Crippen LogP contribution is -2.41. The van der Waals surface area contributed by atoms with Gasteiger partial charge in [-0.3, -0.25) is 4.79 Å². The number of hydrogen-bond donors (Lipinski definition) is 4. The van der Waals surface area contributed by atoms with Gasteiger partial charge in [0.2, 0.25) is 5.91 Å². The van der Waals surface area contributed by atoms with E-state index in [1.165, 1.54) is 0 Å². The molecule has 4 N–H and O–H groups in total. The molecule has 130 valence electrons. The number of rotatable bonds is 3. The van der Waals surface area contributed by atoms with Gasteiger partial charge < -0.3 is 15.1 Å². The van der Waals surface area contributed by atoms with Crippen LogP contribution in [0.2, 0.25) is 0 Å². The Morgan fingerprint density at radius 2 is 1.80 bits per heavy atom. The molecule has 2 saturated heterocycles. The molecule has 6 heteroatoms. The number of amides is 1. The molecule has 2 heterocycles. The van der Waals surface area contributed by atoms with Crippen molar-refractivity contribution >= 4 is 5.91 Å². The first-order chi connectivity index (χ1) is 12.1. The van der Waals surface area contributed by atoms with Gasteiger partial charge in [-0.2, -0.15) is 0 Å². The predicted molar refractivity (Wildman–Crippen MR) is 92.6 cm³/mol. The second kappa shape index (κ2) is 6.06. The third-order valence-electron chi connectivity index (χ3n) is 5.24. The Hall–Kier alpha value is -2.57. The third-order valence-corrected chi connectivity index (χ3v) is 5.24. The van der Waals surface area contributed by atoms with E-state index in [2.05, 4.69) is 10.9 Å². The standard InChI is InChI=1S/C19H21N3O3/c1-2-22-18(11-6-5-7-12(23)10-11)15-16(20-21-17(15)19(22)25)13-8-3-4-9-14(13)24/h3-10,15-18,20-21,23-24H,2H2,1H3. The van der Waals surface area contributed by atoms with Gasteiger partial charge >= 0.3 is 0 Å². The molecular weight excluding hydrogens is 318 g/mol. The lowest BCUT2D eigenvalue weighted by atomic mass is 9.83. The minimum Gasteiger partial charge on any atom is -0.508 e. The molecule has 1 amide bonds. The van der Waals surface area contributed by atoms with Crippen LogP contribution < -0.4 is 10.9 Å². The van der Waals surface area contributed by atoms with Gasteiger partial charge in [0.25, 0.3) is 0 Å². The summed E-state index contributed by atoms with van der Waals surface area (Å²) in [7, 11) is 0. The molecular formula is C19H21N3O3. The van der Waals surface area contributed by atoms with Crippen LogP contribution in [0.3, 0.4) is 0 Å². The summed E-state index contributed by atoms with van der Waals surface area (Å²) in [6.07, 6.45) is 0. The van der Waals surface area contributed by atoms with Gasteiger partial charge in [-0.15, -0.1) is 0 Å². The molecule has 0 radical (unpaired) electrons. The number of carbonyl (C=O) groups excluding carboxylic acids is 1. The van der Waals surface area contributed by atoms with Gasteiger partial charge in [0.1, 0.15) is 17.5 Å². The van der Waals surface area contributed by atoms with E-state index in [4.69, 9.17) is 0 Å². The highest BCUT2D eigenvalue weighted by Crippen LogP contribution is 2.48. The molecule has 2 fully saturated rings. The van der Waals surface area contributed by atoms with E-state index in [-0.39, 0.29) is 41.4 Å². The molecule has 0 saturated carbocycles. The molecule has 0 bridgehead atoms. The zero-order valence-corrected chi connectivity index (χ0v) is 13.9.